The minimum absolute atomic E-state index is 0.210. The lowest BCUT2D eigenvalue weighted by Crippen LogP contribution is -2.41. The Morgan fingerprint density at radius 1 is 1.47 bits per heavy atom. The summed E-state index contributed by atoms with van der Waals surface area (Å²) in [6.45, 7) is 3.81. The number of aryl methyl sites for hydroxylation is 1. The first kappa shape index (κ1) is 12.3. The van der Waals surface area contributed by atoms with Crippen LogP contribution in [0, 0.1) is 6.92 Å². The van der Waals surface area contributed by atoms with Crippen molar-refractivity contribution in [1.29, 1.82) is 0 Å². The van der Waals surface area contributed by atoms with Crippen molar-refractivity contribution in [3.8, 4) is 0 Å². The van der Waals surface area contributed by atoms with E-state index >= 15 is 0 Å². The molecular formula is C12H20N4O. The van der Waals surface area contributed by atoms with Crippen molar-refractivity contribution in [3.05, 3.63) is 17.6 Å². The molecule has 1 saturated heterocycles. The third-order valence-corrected chi connectivity index (χ3v) is 3.22. The van der Waals surface area contributed by atoms with Crippen LogP contribution in [0.4, 0.5) is 5.82 Å². The second-order valence-electron chi connectivity index (χ2n) is 4.65. The summed E-state index contributed by atoms with van der Waals surface area (Å²) in [5.74, 6) is 1.27. The standard InChI is InChI=1S/C12H20N4O/c1-9-6-11(13)15-12(14-9)7-16-5-3-2-4-10(16)8-17/h6,10,17H,2-5,7-8H2,1H3,(H2,13,14,15). The first-order chi connectivity index (χ1) is 8.19. The SMILES string of the molecule is Cc1cc(N)nc(CN2CCCCC2CO)n1. The number of likely N-dealkylation sites (tertiary alicyclic amines) is 1. The molecule has 1 fully saturated rings. The summed E-state index contributed by atoms with van der Waals surface area (Å²) in [5.41, 5.74) is 6.61. The highest BCUT2D eigenvalue weighted by Crippen LogP contribution is 2.18. The van der Waals surface area contributed by atoms with Crippen LogP contribution in [0.2, 0.25) is 0 Å². The molecule has 0 bridgehead atoms. The minimum atomic E-state index is 0.210. The van der Waals surface area contributed by atoms with Gasteiger partial charge in [-0.25, -0.2) is 9.97 Å². The highest BCUT2D eigenvalue weighted by atomic mass is 16.3. The fourth-order valence-electron chi connectivity index (χ4n) is 2.38. The highest BCUT2D eigenvalue weighted by Gasteiger charge is 2.22. The van der Waals surface area contributed by atoms with Gasteiger partial charge in [0.05, 0.1) is 13.2 Å². The van der Waals surface area contributed by atoms with Crippen molar-refractivity contribution in [2.45, 2.75) is 38.8 Å². The highest BCUT2D eigenvalue weighted by molar-refractivity contribution is 5.29. The van der Waals surface area contributed by atoms with Crippen LogP contribution in [-0.4, -0.2) is 39.2 Å². The van der Waals surface area contributed by atoms with Crippen LogP contribution in [0.25, 0.3) is 0 Å². The molecule has 0 saturated carbocycles. The Kier molecular flexibility index (Phi) is 3.91. The Morgan fingerprint density at radius 2 is 2.29 bits per heavy atom. The zero-order valence-electron chi connectivity index (χ0n) is 10.3. The monoisotopic (exact) mass is 236 g/mol. The summed E-state index contributed by atoms with van der Waals surface area (Å²) >= 11 is 0. The van der Waals surface area contributed by atoms with Crippen LogP contribution in [0.1, 0.15) is 30.8 Å². The quantitative estimate of drug-likeness (QED) is 0.808. The number of rotatable bonds is 3. The van der Waals surface area contributed by atoms with Gasteiger partial charge in [-0.2, -0.15) is 0 Å². The largest absolute Gasteiger partial charge is 0.395 e. The number of nitrogens with zero attached hydrogens (tertiary/aromatic N) is 3. The van der Waals surface area contributed by atoms with Gasteiger partial charge in [-0.05, 0) is 26.3 Å². The van der Waals surface area contributed by atoms with E-state index in [0.717, 1.165) is 24.5 Å². The molecule has 1 unspecified atom stereocenters. The second-order valence-corrected chi connectivity index (χ2v) is 4.65. The van der Waals surface area contributed by atoms with Crippen molar-refractivity contribution in [2.75, 3.05) is 18.9 Å². The Morgan fingerprint density at radius 3 is 3.00 bits per heavy atom. The number of piperidine rings is 1. The van der Waals surface area contributed by atoms with E-state index < -0.39 is 0 Å². The molecule has 0 aliphatic carbocycles. The molecule has 17 heavy (non-hydrogen) atoms. The van der Waals surface area contributed by atoms with Crippen molar-refractivity contribution in [3.63, 3.8) is 0 Å². The van der Waals surface area contributed by atoms with Gasteiger partial charge in [0, 0.05) is 17.8 Å². The Labute approximate surface area is 102 Å². The molecule has 0 aromatic carbocycles. The van der Waals surface area contributed by atoms with Gasteiger partial charge in [0.1, 0.15) is 11.6 Å². The maximum atomic E-state index is 9.34. The summed E-state index contributed by atoms with van der Waals surface area (Å²) in [4.78, 5) is 10.9. The lowest BCUT2D eigenvalue weighted by atomic mass is 10.0. The number of aliphatic hydroxyl groups excluding tert-OH is 1. The van der Waals surface area contributed by atoms with Crippen LogP contribution in [-0.2, 0) is 6.54 Å². The summed E-state index contributed by atoms with van der Waals surface area (Å²) < 4.78 is 0. The molecule has 94 valence electrons. The van der Waals surface area contributed by atoms with E-state index in [-0.39, 0.29) is 12.6 Å². The van der Waals surface area contributed by atoms with Crippen LogP contribution in [0.5, 0.6) is 0 Å². The predicted octanol–water partition coefficient (Wildman–Crippen LogP) is 0.714. The lowest BCUT2D eigenvalue weighted by Gasteiger charge is -2.33. The molecule has 1 aliphatic rings. The van der Waals surface area contributed by atoms with E-state index in [1.807, 2.05) is 6.92 Å². The van der Waals surface area contributed by atoms with Crippen LogP contribution in [0.3, 0.4) is 0 Å². The third-order valence-electron chi connectivity index (χ3n) is 3.22. The molecule has 2 heterocycles. The Hall–Kier alpha value is -1.20. The molecule has 1 atom stereocenters. The molecular weight excluding hydrogens is 216 g/mol. The van der Waals surface area contributed by atoms with Crippen LogP contribution in [0.15, 0.2) is 6.07 Å². The smallest absolute Gasteiger partial charge is 0.144 e. The van der Waals surface area contributed by atoms with E-state index in [9.17, 15) is 5.11 Å². The average Bonchev–Trinajstić information content (AvgIpc) is 2.28. The fourth-order valence-corrected chi connectivity index (χ4v) is 2.38. The zero-order valence-corrected chi connectivity index (χ0v) is 10.3. The van der Waals surface area contributed by atoms with Gasteiger partial charge in [-0.3, -0.25) is 4.90 Å². The van der Waals surface area contributed by atoms with Crippen LogP contribution >= 0.6 is 0 Å². The van der Waals surface area contributed by atoms with Gasteiger partial charge in [0.25, 0.3) is 0 Å². The minimum Gasteiger partial charge on any atom is -0.395 e. The number of hydrogen-bond donors (Lipinski definition) is 2. The number of aromatic nitrogens is 2. The zero-order chi connectivity index (χ0) is 12.3. The second kappa shape index (κ2) is 5.42. The number of nitrogens with two attached hydrogens (primary N) is 1. The van der Waals surface area contributed by atoms with Crippen molar-refractivity contribution >= 4 is 5.82 Å². The third kappa shape index (κ3) is 3.14. The van der Waals surface area contributed by atoms with Gasteiger partial charge in [-0.1, -0.05) is 6.42 Å². The first-order valence-corrected chi connectivity index (χ1v) is 6.14. The van der Waals surface area contributed by atoms with Gasteiger partial charge < -0.3 is 10.8 Å². The maximum Gasteiger partial charge on any atom is 0.144 e. The lowest BCUT2D eigenvalue weighted by molar-refractivity contribution is 0.0819. The molecule has 2 rings (SSSR count). The molecule has 1 aromatic heterocycles. The van der Waals surface area contributed by atoms with Crippen molar-refractivity contribution in [2.24, 2.45) is 0 Å². The molecule has 3 N–H and O–H groups in total. The van der Waals surface area contributed by atoms with Gasteiger partial charge in [-0.15, -0.1) is 0 Å². The average molecular weight is 236 g/mol. The Balaban J connectivity index is 2.08. The predicted molar refractivity (Wildman–Crippen MR) is 66.3 cm³/mol. The van der Waals surface area contributed by atoms with E-state index in [1.165, 1.54) is 12.8 Å². The molecule has 1 aromatic rings. The van der Waals surface area contributed by atoms with Crippen molar-refractivity contribution < 1.29 is 5.11 Å². The van der Waals surface area contributed by atoms with Crippen LogP contribution < -0.4 is 5.73 Å². The van der Waals surface area contributed by atoms with Crippen molar-refractivity contribution in [1.82, 2.24) is 14.9 Å². The van der Waals surface area contributed by atoms with E-state index in [1.54, 1.807) is 6.07 Å². The molecule has 0 radical (unpaired) electrons. The van der Waals surface area contributed by atoms with E-state index in [2.05, 4.69) is 14.9 Å². The molecule has 0 spiro atoms. The number of hydrogen-bond acceptors (Lipinski definition) is 5. The van der Waals surface area contributed by atoms with Gasteiger partial charge in [0.2, 0.25) is 0 Å². The number of nitrogen functional groups attached to an aromatic ring is 1. The summed E-state index contributed by atoms with van der Waals surface area (Å²) in [6.07, 6.45) is 3.42. The van der Waals surface area contributed by atoms with E-state index in [4.69, 9.17) is 5.73 Å². The molecule has 5 nitrogen and oxygen atoms in total. The molecule has 5 heteroatoms. The van der Waals surface area contributed by atoms with E-state index in [0.29, 0.717) is 12.4 Å². The fraction of sp³-hybridized carbons (Fsp3) is 0.667. The maximum absolute atomic E-state index is 9.34. The summed E-state index contributed by atoms with van der Waals surface area (Å²) in [6, 6.07) is 2.01. The molecule has 0 amide bonds. The first-order valence-electron chi connectivity index (χ1n) is 6.14. The molecule has 1 aliphatic heterocycles. The normalized spacial score (nSPS) is 21.6. The Bertz CT molecular complexity index is 363. The summed E-state index contributed by atoms with van der Waals surface area (Å²) in [5, 5.41) is 9.34. The topological polar surface area (TPSA) is 75.3 Å². The number of aliphatic hydroxyl groups is 1. The number of anilines is 1. The van der Waals surface area contributed by atoms with Gasteiger partial charge in [0.15, 0.2) is 0 Å². The summed E-state index contributed by atoms with van der Waals surface area (Å²) in [7, 11) is 0. The van der Waals surface area contributed by atoms with Gasteiger partial charge >= 0.3 is 0 Å².